The van der Waals surface area contributed by atoms with Crippen LogP contribution in [0.4, 0.5) is 0 Å². The minimum Gasteiger partial charge on any atom is -0.508 e. The highest BCUT2D eigenvalue weighted by Gasteiger charge is 2.21. The maximum Gasteiger partial charge on any atom is 0.251 e. The number of carbonyl (C=O) groups is 1. The van der Waals surface area contributed by atoms with E-state index in [-0.39, 0.29) is 30.3 Å². The summed E-state index contributed by atoms with van der Waals surface area (Å²) in [6, 6.07) is 17.6. The van der Waals surface area contributed by atoms with Gasteiger partial charge in [0.25, 0.3) is 5.91 Å². The molecule has 0 heterocycles. The lowest BCUT2D eigenvalue weighted by Crippen LogP contribution is -2.43. The summed E-state index contributed by atoms with van der Waals surface area (Å²) in [5, 5.41) is 36.9. The van der Waals surface area contributed by atoms with E-state index in [1.165, 1.54) is 6.07 Å². The average molecular weight is 531 g/mol. The van der Waals surface area contributed by atoms with Gasteiger partial charge in [0.2, 0.25) is 0 Å². The zero-order valence-corrected chi connectivity index (χ0v) is 21.9. The molecule has 0 aliphatic rings. The van der Waals surface area contributed by atoms with Crippen molar-refractivity contribution in [2.24, 2.45) is 0 Å². The van der Waals surface area contributed by atoms with Crippen molar-refractivity contribution in [1.29, 1.82) is 0 Å². The maximum absolute atomic E-state index is 12.7. The molecule has 0 fully saturated rings. The number of rotatable bonds is 11. The molecule has 6 nitrogen and oxygen atoms in total. The highest BCUT2D eigenvalue weighted by atomic mass is 35.5. The quantitative estimate of drug-likeness (QED) is 0.245. The van der Waals surface area contributed by atoms with Crippen LogP contribution in [0.25, 0.3) is 0 Å². The van der Waals surface area contributed by atoms with Crippen molar-refractivity contribution in [3.05, 3.63) is 98.5 Å². The van der Waals surface area contributed by atoms with Crippen molar-refractivity contribution in [3.63, 3.8) is 0 Å². The first kappa shape index (κ1) is 28.0. The number of aromatic hydroxyl groups is 1. The molecule has 8 heteroatoms. The van der Waals surface area contributed by atoms with E-state index in [2.05, 4.69) is 10.6 Å². The van der Waals surface area contributed by atoms with E-state index >= 15 is 0 Å². The van der Waals surface area contributed by atoms with Crippen molar-refractivity contribution in [1.82, 2.24) is 10.6 Å². The number of phenols is 1. The molecule has 0 unspecified atom stereocenters. The van der Waals surface area contributed by atoms with Gasteiger partial charge in [0.05, 0.1) is 22.8 Å². The number of aliphatic hydroxyl groups is 2. The zero-order chi connectivity index (χ0) is 26.3. The topological polar surface area (TPSA) is 102 Å². The summed E-state index contributed by atoms with van der Waals surface area (Å²) in [5.74, 6) is -0.165. The van der Waals surface area contributed by atoms with Crippen LogP contribution in [0.15, 0.2) is 60.7 Å². The number of nitrogens with one attached hydrogen (secondary N) is 2. The Labute approximate surface area is 221 Å². The molecule has 3 aromatic carbocycles. The molecule has 0 radical (unpaired) electrons. The molecule has 3 rings (SSSR count). The zero-order valence-electron chi connectivity index (χ0n) is 20.4. The summed E-state index contributed by atoms with van der Waals surface area (Å²) in [7, 11) is 0. The second-order valence-electron chi connectivity index (χ2n) is 9.42. The molecule has 3 aromatic rings. The number of benzene rings is 3. The Morgan fingerprint density at radius 2 is 1.78 bits per heavy atom. The Balaban J connectivity index is 1.55. The van der Waals surface area contributed by atoms with Gasteiger partial charge in [0, 0.05) is 29.8 Å². The van der Waals surface area contributed by atoms with Gasteiger partial charge in [-0.25, -0.2) is 0 Å². The van der Waals surface area contributed by atoms with Gasteiger partial charge >= 0.3 is 0 Å². The molecule has 36 heavy (non-hydrogen) atoms. The number of hydrogen-bond donors (Lipinski definition) is 5. The average Bonchev–Trinajstić information content (AvgIpc) is 2.85. The number of halogens is 2. The first-order valence-corrected chi connectivity index (χ1v) is 12.5. The first-order chi connectivity index (χ1) is 17.1. The van der Waals surface area contributed by atoms with Crippen molar-refractivity contribution in [3.8, 4) is 5.75 Å². The molecule has 192 valence electrons. The molecule has 0 aliphatic carbocycles. The van der Waals surface area contributed by atoms with Crippen molar-refractivity contribution < 1.29 is 20.1 Å². The molecule has 0 saturated carbocycles. The molecule has 0 aromatic heterocycles. The molecule has 0 aliphatic heterocycles. The van der Waals surface area contributed by atoms with E-state index in [1.54, 1.807) is 24.3 Å². The van der Waals surface area contributed by atoms with E-state index in [1.807, 2.05) is 44.2 Å². The normalized spacial score (nSPS) is 12.4. The lowest BCUT2D eigenvalue weighted by atomic mass is 9.93. The largest absolute Gasteiger partial charge is 0.508 e. The lowest BCUT2D eigenvalue weighted by Gasteiger charge is -2.28. The first-order valence-electron chi connectivity index (χ1n) is 11.8. The van der Waals surface area contributed by atoms with Gasteiger partial charge in [-0.05, 0) is 73.7 Å². The van der Waals surface area contributed by atoms with E-state index in [0.29, 0.717) is 46.1 Å². The summed E-state index contributed by atoms with van der Waals surface area (Å²) in [5.41, 5.74) is 3.05. The van der Waals surface area contributed by atoms with Gasteiger partial charge in [-0.3, -0.25) is 4.79 Å². The monoisotopic (exact) mass is 530 g/mol. The second kappa shape index (κ2) is 12.6. The summed E-state index contributed by atoms with van der Waals surface area (Å²) in [4.78, 5) is 12.7. The standard InChI is InChI=1S/C28H32Cl2N2O4/c1-28(2,32-16-25(35)20-9-10-24(34)22(14-20)17-33)15-18-5-3-7-21(13-18)27(36)31-12-11-19-6-4-8-23(29)26(19)30/h3-10,13-14,25,32-35H,11-12,15-17H2,1-2H3,(H,31,36)/t25-/m0/s1. The van der Waals surface area contributed by atoms with Gasteiger partial charge in [-0.2, -0.15) is 0 Å². The Bertz CT molecular complexity index is 1200. The highest BCUT2D eigenvalue weighted by molar-refractivity contribution is 6.42. The number of β-amino-alcohol motifs (C(OH)–C–C–N with tert-alkyl or cyclic N) is 1. The minimum atomic E-state index is -0.805. The van der Waals surface area contributed by atoms with E-state index in [4.69, 9.17) is 23.2 Å². The fourth-order valence-electron chi connectivity index (χ4n) is 3.98. The Morgan fingerprint density at radius 3 is 2.53 bits per heavy atom. The molecule has 5 N–H and O–H groups in total. The van der Waals surface area contributed by atoms with Crippen LogP contribution in [0.5, 0.6) is 5.75 Å². The van der Waals surface area contributed by atoms with Crippen molar-refractivity contribution in [2.45, 2.75) is 44.9 Å². The lowest BCUT2D eigenvalue weighted by molar-refractivity contribution is 0.0954. The molecular weight excluding hydrogens is 499 g/mol. The SMILES string of the molecule is CC(C)(Cc1cccc(C(=O)NCCc2cccc(Cl)c2Cl)c1)NC[C@H](O)c1ccc(O)c(CO)c1. The Morgan fingerprint density at radius 1 is 1.03 bits per heavy atom. The molecular formula is C28H32Cl2N2O4. The summed E-state index contributed by atoms with van der Waals surface area (Å²) >= 11 is 12.3. The van der Waals surface area contributed by atoms with E-state index in [9.17, 15) is 20.1 Å². The molecule has 1 amide bonds. The smallest absolute Gasteiger partial charge is 0.251 e. The van der Waals surface area contributed by atoms with Crippen LogP contribution in [0.3, 0.4) is 0 Å². The maximum atomic E-state index is 12.7. The number of hydrogen-bond acceptors (Lipinski definition) is 5. The van der Waals surface area contributed by atoms with Gasteiger partial charge in [0.1, 0.15) is 5.75 Å². The third-order valence-electron chi connectivity index (χ3n) is 5.98. The van der Waals surface area contributed by atoms with Gasteiger partial charge in [0.15, 0.2) is 0 Å². The Kier molecular flexibility index (Phi) is 9.77. The third kappa shape index (κ3) is 7.69. The van der Waals surface area contributed by atoms with Crippen LogP contribution >= 0.6 is 23.2 Å². The summed E-state index contributed by atoms with van der Waals surface area (Å²) < 4.78 is 0. The molecule has 1 atom stereocenters. The Hall–Kier alpha value is -2.61. The highest BCUT2D eigenvalue weighted by Crippen LogP contribution is 2.26. The van der Waals surface area contributed by atoms with Gasteiger partial charge in [-0.15, -0.1) is 0 Å². The van der Waals surface area contributed by atoms with Gasteiger partial charge in [-0.1, -0.05) is 53.5 Å². The summed E-state index contributed by atoms with van der Waals surface area (Å²) in [6.07, 6.45) is 0.404. The fraction of sp³-hybridized carbons (Fsp3) is 0.321. The predicted octanol–water partition coefficient (Wildman–Crippen LogP) is 4.81. The second-order valence-corrected chi connectivity index (χ2v) is 10.2. The van der Waals surface area contributed by atoms with Crippen LogP contribution < -0.4 is 10.6 Å². The van der Waals surface area contributed by atoms with Crippen LogP contribution in [0.1, 0.15) is 52.6 Å². The van der Waals surface area contributed by atoms with Crippen LogP contribution in [-0.2, 0) is 19.4 Å². The molecule has 0 saturated heterocycles. The molecule has 0 spiro atoms. The van der Waals surface area contributed by atoms with Crippen molar-refractivity contribution >= 4 is 29.1 Å². The molecule has 0 bridgehead atoms. The van der Waals surface area contributed by atoms with E-state index in [0.717, 1.165) is 11.1 Å². The van der Waals surface area contributed by atoms with E-state index < -0.39 is 6.10 Å². The van der Waals surface area contributed by atoms with Crippen LogP contribution in [-0.4, -0.2) is 39.9 Å². The van der Waals surface area contributed by atoms with Crippen molar-refractivity contribution in [2.75, 3.05) is 13.1 Å². The number of carbonyl (C=O) groups excluding carboxylic acids is 1. The summed E-state index contributed by atoms with van der Waals surface area (Å²) in [6.45, 7) is 4.47. The number of aliphatic hydroxyl groups excluding tert-OH is 2. The fourth-order valence-corrected chi connectivity index (χ4v) is 4.39. The third-order valence-corrected chi connectivity index (χ3v) is 6.84. The predicted molar refractivity (Wildman–Crippen MR) is 144 cm³/mol. The van der Waals surface area contributed by atoms with Crippen LogP contribution in [0, 0.1) is 0 Å². The number of amides is 1. The minimum absolute atomic E-state index is 0.00100. The van der Waals surface area contributed by atoms with Crippen LogP contribution in [0.2, 0.25) is 10.0 Å². The van der Waals surface area contributed by atoms with Gasteiger partial charge < -0.3 is 26.0 Å².